The Morgan fingerprint density at radius 1 is 1.13 bits per heavy atom. The number of amides is 2. The molecule has 166 valence electrons. The van der Waals surface area contributed by atoms with Crippen molar-refractivity contribution in [2.75, 3.05) is 51.1 Å². The molecule has 2 fully saturated rings. The van der Waals surface area contributed by atoms with Crippen molar-refractivity contribution in [3.8, 4) is 0 Å². The van der Waals surface area contributed by atoms with E-state index in [4.69, 9.17) is 11.6 Å². The first-order valence-corrected chi connectivity index (χ1v) is 11.4. The highest BCUT2D eigenvalue weighted by atomic mass is 35.5. The minimum Gasteiger partial charge on any atom is -0.341 e. The summed E-state index contributed by atoms with van der Waals surface area (Å²) in [7, 11) is 0. The number of piperidine rings is 1. The number of anilines is 1. The zero-order valence-corrected chi connectivity index (χ0v) is 19.4. The third kappa shape index (κ3) is 5.96. The third-order valence-electron chi connectivity index (χ3n) is 6.37. The summed E-state index contributed by atoms with van der Waals surface area (Å²) in [5.41, 5.74) is 1.75. The fourth-order valence-corrected chi connectivity index (χ4v) is 4.77. The lowest BCUT2D eigenvalue weighted by Gasteiger charge is -2.39. The van der Waals surface area contributed by atoms with E-state index in [2.05, 4.69) is 29.0 Å². The smallest absolute Gasteiger partial charge is 0.241 e. The number of benzene rings is 1. The van der Waals surface area contributed by atoms with Crippen LogP contribution in [0.1, 0.15) is 32.8 Å². The molecule has 6 nitrogen and oxygen atoms in total. The summed E-state index contributed by atoms with van der Waals surface area (Å²) in [4.78, 5) is 31.9. The Morgan fingerprint density at radius 3 is 2.40 bits per heavy atom. The van der Waals surface area contributed by atoms with Gasteiger partial charge < -0.3 is 10.2 Å². The molecule has 3 atom stereocenters. The zero-order chi connectivity index (χ0) is 21.8. The van der Waals surface area contributed by atoms with Gasteiger partial charge in [0.2, 0.25) is 11.8 Å². The number of carbonyl (C=O) groups is 2. The second-order valence-corrected chi connectivity index (χ2v) is 9.62. The van der Waals surface area contributed by atoms with Gasteiger partial charge >= 0.3 is 0 Å². The second-order valence-electron chi connectivity index (χ2n) is 9.18. The summed E-state index contributed by atoms with van der Waals surface area (Å²) in [6.45, 7) is 13.8. The second kappa shape index (κ2) is 10.1. The largest absolute Gasteiger partial charge is 0.341 e. The predicted octanol–water partition coefficient (Wildman–Crippen LogP) is 3.10. The number of nitrogens with one attached hydrogen (secondary N) is 1. The molecule has 2 amide bonds. The van der Waals surface area contributed by atoms with E-state index < -0.39 is 0 Å². The fraction of sp³-hybridized carbons (Fsp3) is 0.652. The molecule has 1 aromatic rings. The van der Waals surface area contributed by atoms with Crippen LogP contribution in [0.15, 0.2) is 18.2 Å². The Hall–Kier alpha value is -1.63. The van der Waals surface area contributed by atoms with Gasteiger partial charge in [-0.15, -0.1) is 0 Å². The standard InChI is InChI=1S/C23H35ClN4O2/c1-16-11-17(2)14-28(13-16)22(29)15-26-7-9-27(10-8-26)19(4)23(30)25-21-12-20(24)6-5-18(21)3/h5-6,12,16-17,19H,7-11,13-15H2,1-4H3,(H,25,30). The molecule has 7 heteroatoms. The lowest BCUT2D eigenvalue weighted by Crippen LogP contribution is -2.55. The van der Waals surface area contributed by atoms with Gasteiger partial charge in [0.05, 0.1) is 12.6 Å². The van der Waals surface area contributed by atoms with Crippen LogP contribution in [0, 0.1) is 18.8 Å². The van der Waals surface area contributed by atoms with Crippen LogP contribution in [0.5, 0.6) is 0 Å². The summed E-state index contributed by atoms with van der Waals surface area (Å²) < 4.78 is 0. The van der Waals surface area contributed by atoms with Crippen LogP contribution in [0.2, 0.25) is 5.02 Å². The van der Waals surface area contributed by atoms with E-state index in [9.17, 15) is 9.59 Å². The third-order valence-corrected chi connectivity index (χ3v) is 6.61. The molecule has 3 unspecified atom stereocenters. The molecule has 3 rings (SSSR count). The maximum absolute atomic E-state index is 12.7. The number of piperazine rings is 1. The zero-order valence-electron chi connectivity index (χ0n) is 18.7. The summed E-state index contributed by atoms with van der Waals surface area (Å²) in [5, 5.41) is 3.61. The van der Waals surface area contributed by atoms with Gasteiger partial charge in [0, 0.05) is 50.0 Å². The highest BCUT2D eigenvalue weighted by molar-refractivity contribution is 6.31. The van der Waals surface area contributed by atoms with Crippen molar-refractivity contribution in [3.05, 3.63) is 28.8 Å². The average molecular weight is 435 g/mol. The molecular formula is C23H35ClN4O2. The van der Waals surface area contributed by atoms with Gasteiger partial charge in [-0.1, -0.05) is 31.5 Å². The molecule has 0 aromatic heterocycles. The van der Waals surface area contributed by atoms with E-state index in [1.807, 2.05) is 30.9 Å². The van der Waals surface area contributed by atoms with E-state index in [1.165, 1.54) is 6.42 Å². The average Bonchev–Trinajstić information content (AvgIpc) is 2.70. The van der Waals surface area contributed by atoms with Crippen molar-refractivity contribution in [3.63, 3.8) is 0 Å². The summed E-state index contributed by atoms with van der Waals surface area (Å²) in [5.74, 6) is 1.37. The van der Waals surface area contributed by atoms with Crippen molar-refractivity contribution in [2.24, 2.45) is 11.8 Å². The Morgan fingerprint density at radius 2 is 1.77 bits per heavy atom. The first-order valence-electron chi connectivity index (χ1n) is 11.0. The van der Waals surface area contributed by atoms with Gasteiger partial charge in [0.1, 0.15) is 0 Å². The molecule has 30 heavy (non-hydrogen) atoms. The number of hydrogen-bond acceptors (Lipinski definition) is 4. The summed E-state index contributed by atoms with van der Waals surface area (Å²) >= 11 is 6.06. The number of carbonyl (C=O) groups excluding carboxylic acids is 2. The van der Waals surface area contributed by atoms with Crippen molar-refractivity contribution < 1.29 is 9.59 Å². The Kier molecular flexibility index (Phi) is 7.77. The van der Waals surface area contributed by atoms with Gasteiger partial charge in [-0.05, 0) is 49.8 Å². The first kappa shape index (κ1) is 23.0. The molecule has 2 heterocycles. The van der Waals surface area contributed by atoms with E-state index in [1.54, 1.807) is 6.07 Å². The normalized spacial score (nSPS) is 24.5. The summed E-state index contributed by atoms with van der Waals surface area (Å²) in [6.07, 6.45) is 1.21. The number of nitrogens with zero attached hydrogens (tertiary/aromatic N) is 3. The minimum atomic E-state index is -0.231. The van der Waals surface area contributed by atoms with E-state index in [0.717, 1.165) is 50.5 Å². The van der Waals surface area contributed by atoms with Gasteiger partial charge in [-0.3, -0.25) is 19.4 Å². The van der Waals surface area contributed by atoms with Crippen LogP contribution >= 0.6 is 11.6 Å². The quantitative estimate of drug-likeness (QED) is 0.773. The molecule has 0 radical (unpaired) electrons. The summed E-state index contributed by atoms with van der Waals surface area (Å²) in [6, 6.07) is 5.28. The predicted molar refractivity (Wildman–Crippen MR) is 122 cm³/mol. The van der Waals surface area contributed by atoms with Crippen LogP contribution in [-0.4, -0.2) is 78.4 Å². The molecule has 0 aliphatic carbocycles. The maximum atomic E-state index is 12.7. The highest BCUT2D eigenvalue weighted by Crippen LogP contribution is 2.22. The van der Waals surface area contributed by atoms with E-state index in [0.29, 0.717) is 23.4 Å². The molecule has 0 spiro atoms. The van der Waals surface area contributed by atoms with Crippen LogP contribution < -0.4 is 5.32 Å². The van der Waals surface area contributed by atoms with Gasteiger partial charge in [-0.25, -0.2) is 0 Å². The lowest BCUT2D eigenvalue weighted by atomic mass is 9.92. The van der Waals surface area contributed by atoms with Crippen LogP contribution in [0.4, 0.5) is 5.69 Å². The maximum Gasteiger partial charge on any atom is 0.241 e. The number of hydrogen-bond donors (Lipinski definition) is 1. The van der Waals surface area contributed by atoms with Gasteiger partial charge in [0.25, 0.3) is 0 Å². The Balaban J connectivity index is 1.47. The van der Waals surface area contributed by atoms with Crippen molar-refractivity contribution >= 4 is 29.1 Å². The molecule has 2 saturated heterocycles. The lowest BCUT2D eigenvalue weighted by molar-refractivity contribution is -0.136. The highest BCUT2D eigenvalue weighted by Gasteiger charge is 2.29. The van der Waals surface area contributed by atoms with Crippen LogP contribution in [-0.2, 0) is 9.59 Å². The Labute approximate surface area is 185 Å². The van der Waals surface area contributed by atoms with E-state index in [-0.39, 0.29) is 17.9 Å². The van der Waals surface area contributed by atoms with Crippen LogP contribution in [0.25, 0.3) is 0 Å². The van der Waals surface area contributed by atoms with Crippen LogP contribution in [0.3, 0.4) is 0 Å². The van der Waals surface area contributed by atoms with Gasteiger partial charge in [0.15, 0.2) is 0 Å². The SMILES string of the molecule is Cc1ccc(Cl)cc1NC(=O)C(C)N1CCN(CC(=O)N2CC(C)CC(C)C2)CC1. The fourth-order valence-electron chi connectivity index (χ4n) is 4.60. The molecule has 0 bridgehead atoms. The molecule has 2 aliphatic heterocycles. The monoisotopic (exact) mass is 434 g/mol. The Bertz CT molecular complexity index is 754. The number of aryl methyl sites for hydroxylation is 1. The van der Waals surface area contributed by atoms with Crippen molar-refractivity contribution in [1.82, 2.24) is 14.7 Å². The number of likely N-dealkylation sites (tertiary alicyclic amines) is 1. The molecule has 2 aliphatic rings. The van der Waals surface area contributed by atoms with Gasteiger partial charge in [-0.2, -0.15) is 0 Å². The van der Waals surface area contributed by atoms with E-state index >= 15 is 0 Å². The molecule has 1 aromatic carbocycles. The minimum absolute atomic E-state index is 0.0267. The molecule has 0 saturated carbocycles. The van der Waals surface area contributed by atoms with Crippen molar-refractivity contribution in [2.45, 2.75) is 40.2 Å². The first-order chi connectivity index (χ1) is 14.2. The molecule has 1 N–H and O–H groups in total. The molecular weight excluding hydrogens is 400 g/mol. The van der Waals surface area contributed by atoms with Crippen molar-refractivity contribution in [1.29, 1.82) is 0 Å². The number of halogens is 1. The topological polar surface area (TPSA) is 55.9 Å². The number of rotatable bonds is 5.